The van der Waals surface area contributed by atoms with Crippen LogP contribution in [0, 0.1) is 0 Å². The number of urea groups is 1. The zero-order chi connectivity index (χ0) is 17.7. The van der Waals surface area contributed by atoms with Gasteiger partial charge in [-0.25, -0.2) is 4.79 Å². The van der Waals surface area contributed by atoms with Gasteiger partial charge in [0, 0.05) is 16.1 Å². The van der Waals surface area contributed by atoms with Crippen LogP contribution in [0.2, 0.25) is 0 Å². The van der Waals surface area contributed by atoms with Crippen LogP contribution in [0.4, 0.5) is 4.79 Å². The van der Waals surface area contributed by atoms with Crippen molar-refractivity contribution >= 4 is 27.5 Å². The van der Waals surface area contributed by atoms with Gasteiger partial charge in [-0.05, 0) is 36.4 Å². The summed E-state index contributed by atoms with van der Waals surface area (Å²) in [7, 11) is 0. The summed E-state index contributed by atoms with van der Waals surface area (Å²) in [6.07, 6.45) is 0.779. The van der Waals surface area contributed by atoms with Crippen molar-refractivity contribution in [2.45, 2.75) is 18.9 Å². The molecule has 1 unspecified atom stereocenters. The van der Waals surface area contributed by atoms with Crippen LogP contribution in [0.5, 0.6) is 0 Å². The molecule has 3 N–H and O–H groups in total. The number of carbonyl (C=O) groups excluding carboxylic acids is 1. The van der Waals surface area contributed by atoms with Gasteiger partial charge in [0.2, 0.25) is 0 Å². The first kappa shape index (κ1) is 17.5. The van der Waals surface area contributed by atoms with Gasteiger partial charge in [-0.1, -0.05) is 48.5 Å². The van der Waals surface area contributed by atoms with Crippen molar-refractivity contribution < 1.29 is 9.90 Å². The van der Waals surface area contributed by atoms with E-state index in [4.69, 9.17) is 0 Å². The molecule has 0 saturated carbocycles. The Labute approximate surface area is 151 Å². The number of hydrogen-bond donors (Lipinski definition) is 3. The minimum atomic E-state index is -1.10. The van der Waals surface area contributed by atoms with Crippen molar-refractivity contribution in [2.24, 2.45) is 0 Å². The molecule has 25 heavy (non-hydrogen) atoms. The van der Waals surface area contributed by atoms with Crippen molar-refractivity contribution in [1.29, 1.82) is 0 Å². The number of benzene rings is 2. The van der Waals surface area contributed by atoms with E-state index in [1.165, 1.54) is 5.56 Å². The highest BCUT2D eigenvalue weighted by atomic mass is 32.1. The van der Waals surface area contributed by atoms with Gasteiger partial charge in [0.25, 0.3) is 0 Å². The number of thiophene rings is 1. The number of aliphatic hydroxyl groups is 1. The molecular weight excluding hydrogens is 332 g/mol. The Hall–Kier alpha value is -2.37. The van der Waals surface area contributed by atoms with Gasteiger partial charge in [0.1, 0.15) is 5.60 Å². The topological polar surface area (TPSA) is 61.4 Å². The fourth-order valence-electron chi connectivity index (χ4n) is 2.61. The lowest BCUT2D eigenvalue weighted by Crippen LogP contribution is -2.43. The Balaban J connectivity index is 1.50. The normalized spacial score (nSPS) is 13.4. The fraction of sp³-hybridized carbons (Fsp3) is 0.250. The summed E-state index contributed by atoms with van der Waals surface area (Å²) < 4.78 is 1.13. The van der Waals surface area contributed by atoms with Gasteiger partial charge in [0.05, 0.1) is 6.54 Å². The van der Waals surface area contributed by atoms with E-state index in [0.29, 0.717) is 6.54 Å². The molecule has 0 radical (unpaired) electrons. The van der Waals surface area contributed by atoms with E-state index in [-0.39, 0.29) is 12.6 Å². The summed E-state index contributed by atoms with van der Waals surface area (Å²) in [6.45, 7) is 2.44. The molecule has 0 aliphatic carbocycles. The number of fused-ring (bicyclic) bond motifs is 1. The van der Waals surface area contributed by atoms with Crippen LogP contribution in [-0.4, -0.2) is 24.2 Å². The van der Waals surface area contributed by atoms with E-state index < -0.39 is 5.60 Å². The van der Waals surface area contributed by atoms with Crippen LogP contribution in [-0.2, 0) is 12.0 Å². The minimum absolute atomic E-state index is 0.164. The lowest BCUT2D eigenvalue weighted by molar-refractivity contribution is 0.0632. The van der Waals surface area contributed by atoms with Crippen LogP contribution in [0.15, 0.2) is 60.7 Å². The fourth-order valence-corrected chi connectivity index (χ4v) is 3.72. The summed E-state index contributed by atoms with van der Waals surface area (Å²) in [5, 5.41) is 17.4. The Morgan fingerprint density at radius 3 is 2.56 bits per heavy atom. The number of carbonyl (C=O) groups is 1. The summed E-state index contributed by atoms with van der Waals surface area (Å²) in [6, 6.07) is 19.7. The maximum absolute atomic E-state index is 12.0. The van der Waals surface area contributed by atoms with Crippen molar-refractivity contribution in [2.75, 3.05) is 13.1 Å². The smallest absolute Gasteiger partial charge is 0.314 e. The largest absolute Gasteiger partial charge is 0.383 e. The molecule has 1 atom stereocenters. The number of amides is 2. The van der Waals surface area contributed by atoms with Gasteiger partial charge in [-0.2, -0.15) is 0 Å². The molecule has 0 fully saturated rings. The lowest BCUT2D eigenvalue weighted by Gasteiger charge is -2.22. The molecule has 0 aliphatic rings. The zero-order valence-corrected chi connectivity index (χ0v) is 15.0. The molecule has 0 aliphatic heterocycles. The Bertz CT molecular complexity index is 810. The van der Waals surface area contributed by atoms with Crippen LogP contribution in [0.1, 0.15) is 17.4 Å². The predicted octanol–water partition coefficient (Wildman–Crippen LogP) is 3.65. The quantitative estimate of drug-likeness (QED) is 0.633. The van der Waals surface area contributed by atoms with Gasteiger partial charge in [-0.3, -0.25) is 0 Å². The van der Waals surface area contributed by atoms with E-state index in [2.05, 4.69) is 10.6 Å². The maximum Gasteiger partial charge on any atom is 0.314 e. The molecule has 2 aromatic carbocycles. The highest BCUT2D eigenvalue weighted by Crippen LogP contribution is 2.32. The van der Waals surface area contributed by atoms with Crippen molar-refractivity contribution in [3.05, 3.63) is 71.1 Å². The third kappa shape index (κ3) is 4.59. The van der Waals surface area contributed by atoms with Crippen molar-refractivity contribution in [3.63, 3.8) is 0 Å². The van der Waals surface area contributed by atoms with Crippen LogP contribution in [0.3, 0.4) is 0 Å². The molecule has 1 aromatic heterocycles. The molecule has 1 heterocycles. The Morgan fingerprint density at radius 1 is 1.08 bits per heavy atom. The molecule has 0 spiro atoms. The summed E-state index contributed by atoms with van der Waals surface area (Å²) in [5.74, 6) is 0. The van der Waals surface area contributed by atoms with Crippen LogP contribution in [0.25, 0.3) is 10.1 Å². The minimum Gasteiger partial charge on any atom is -0.383 e. The van der Waals surface area contributed by atoms with E-state index in [1.54, 1.807) is 18.3 Å². The predicted molar refractivity (Wildman–Crippen MR) is 103 cm³/mol. The standard InChI is InChI=1S/C20H22N2O2S/c1-20(24,18-13-16-9-5-6-10-17(16)25-18)14-22-19(23)21-12-11-15-7-3-2-4-8-15/h2-10,13,24H,11-12,14H2,1H3,(H2,21,22,23). The first-order chi connectivity index (χ1) is 12.0. The molecule has 4 nitrogen and oxygen atoms in total. The summed E-state index contributed by atoms with van der Waals surface area (Å²) in [5.41, 5.74) is 0.0839. The second-order valence-corrected chi connectivity index (χ2v) is 7.35. The van der Waals surface area contributed by atoms with Crippen LogP contribution >= 0.6 is 11.3 Å². The van der Waals surface area contributed by atoms with Gasteiger partial charge in [0.15, 0.2) is 0 Å². The maximum atomic E-state index is 12.0. The molecule has 5 heteroatoms. The molecule has 2 amide bonds. The second-order valence-electron chi connectivity index (χ2n) is 6.27. The average Bonchev–Trinajstić information content (AvgIpc) is 3.06. The molecule has 3 aromatic rings. The molecule has 3 rings (SSSR count). The second kappa shape index (κ2) is 7.68. The van der Waals surface area contributed by atoms with E-state index in [0.717, 1.165) is 21.4 Å². The zero-order valence-electron chi connectivity index (χ0n) is 14.2. The molecular formula is C20H22N2O2S. The molecule has 0 saturated heterocycles. The van der Waals surface area contributed by atoms with Gasteiger partial charge >= 0.3 is 6.03 Å². The lowest BCUT2D eigenvalue weighted by atomic mass is 10.0. The first-order valence-corrected chi connectivity index (χ1v) is 9.13. The molecule has 0 bridgehead atoms. The van der Waals surface area contributed by atoms with Crippen LogP contribution < -0.4 is 10.6 Å². The van der Waals surface area contributed by atoms with E-state index in [1.807, 2.05) is 60.7 Å². The van der Waals surface area contributed by atoms with E-state index in [9.17, 15) is 9.90 Å². The van der Waals surface area contributed by atoms with E-state index >= 15 is 0 Å². The highest BCUT2D eigenvalue weighted by Gasteiger charge is 2.26. The number of rotatable bonds is 6. The average molecular weight is 354 g/mol. The first-order valence-electron chi connectivity index (χ1n) is 8.32. The summed E-state index contributed by atoms with van der Waals surface area (Å²) >= 11 is 1.55. The van der Waals surface area contributed by atoms with Crippen molar-refractivity contribution in [3.8, 4) is 0 Å². The molecule has 130 valence electrons. The number of nitrogens with one attached hydrogen (secondary N) is 2. The van der Waals surface area contributed by atoms with Crippen molar-refractivity contribution in [1.82, 2.24) is 10.6 Å². The third-order valence-corrected chi connectivity index (χ3v) is 5.46. The third-order valence-electron chi connectivity index (χ3n) is 4.09. The number of hydrogen-bond acceptors (Lipinski definition) is 3. The SMILES string of the molecule is CC(O)(CNC(=O)NCCc1ccccc1)c1cc2ccccc2s1. The Morgan fingerprint density at radius 2 is 1.80 bits per heavy atom. The Kier molecular flexibility index (Phi) is 5.36. The van der Waals surface area contributed by atoms with Gasteiger partial charge in [-0.15, -0.1) is 11.3 Å². The summed E-state index contributed by atoms with van der Waals surface area (Å²) in [4.78, 5) is 12.8. The van der Waals surface area contributed by atoms with Gasteiger partial charge < -0.3 is 15.7 Å². The highest BCUT2D eigenvalue weighted by molar-refractivity contribution is 7.19. The monoisotopic (exact) mass is 354 g/mol.